The molecular formula is C23H37NO. The molecule has 0 spiro atoms. The normalized spacial score (nSPS) is 16.7. The Labute approximate surface area is 154 Å². The number of allylic oxidation sites excluding steroid dienone is 1. The smallest absolute Gasteiger partial charge is 0.0611 e. The predicted octanol–water partition coefficient (Wildman–Crippen LogP) is 5.41. The lowest BCUT2D eigenvalue weighted by Crippen LogP contribution is -2.40. The first-order valence-corrected chi connectivity index (χ1v) is 10.3. The molecule has 0 aromatic heterocycles. The Morgan fingerprint density at radius 3 is 2.64 bits per heavy atom. The minimum Gasteiger partial charge on any atom is -0.394 e. The van der Waals surface area contributed by atoms with Gasteiger partial charge in [-0.1, -0.05) is 63.3 Å². The number of fused-ring (bicyclic) bond motifs is 1. The third-order valence-corrected chi connectivity index (χ3v) is 5.33. The summed E-state index contributed by atoms with van der Waals surface area (Å²) in [5.41, 5.74) is 11.3. The van der Waals surface area contributed by atoms with Gasteiger partial charge in [0, 0.05) is 5.54 Å². The van der Waals surface area contributed by atoms with E-state index in [-0.39, 0.29) is 6.61 Å². The standard InChI is InChI=1S/C23H37NO/c1-3-4-5-6-7-8-11-19-14-15-22-20(16-19)12-9-10-13-21(22)17-23(2,24)18-25/h13-16,25H,3-12,17-18,24H2,1-2H3/t23-/m1/s1. The number of hydrogen-bond acceptors (Lipinski definition) is 2. The largest absolute Gasteiger partial charge is 0.394 e. The first-order valence-electron chi connectivity index (χ1n) is 10.3. The van der Waals surface area contributed by atoms with Crippen molar-refractivity contribution in [2.75, 3.05) is 6.61 Å². The van der Waals surface area contributed by atoms with E-state index < -0.39 is 5.54 Å². The number of aliphatic hydroxyl groups is 1. The molecule has 0 amide bonds. The second-order valence-electron chi connectivity index (χ2n) is 8.12. The molecule has 1 aliphatic rings. The Hall–Kier alpha value is -1.12. The highest BCUT2D eigenvalue weighted by molar-refractivity contribution is 5.70. The van der Waals surface area contributed by atoms with Crippen LogP contribution < -0.4 is 5.73 Å². The summed E-state index contributed by atoms with van der Waals surface area (Å²) in [7, 11) is 0. The van der Waals surface area contributed by atoms with Gasteiger partial charge in [-0.2, -0.15) is 0 Å². The van der Waals surface area contributed by atoms with Crippen LogP contribution in [0.3, 0.4) is 0 Å². The van der Waals surface area contributed by atoms with Gasteiger partial charge < -0.3 is 10.8 Å². The number of aryl methyl sites for hydroxylation is 2. The van der Waals surface area contributed by atoms with E-state index in [0.717, 1.165) is 19.3 Å². The van der Waals surface area contributed by atoms with Crippen molar-refractivity contribution in [3.8, 4) is 0 Å². The van der Waals surface area contributed by atoms with Crippen LogP contribution in [0.25, 0.3) is 5.57 Å². The average molecular weight is 344 g/mol. The fourth-order valence-electron chi connectivity index (χ4n) is 3.77. The monoisotopic (exact) mass is 343 g/mol. The van der Waals surface area contributed by atoms with Crippen LogP contribution in [0.5, 0.6) is 0 Å². The zero-order chi connectivity index (χ0) is 18.1. The highest BCUT2D eigenvalue weighted by Gasteiger charge is 2.22. The molecule has 25 heavy (non-hydrogen) atoms. The topological polar surface area (TPSA) is 46.2 Å². The molecule has 2 rings (SSSR count). The molecule has 0 saturated carbocycles. The van der Waals surface area contributed by atoms with Gasteiger partial charge in [0.05, 0.1) is 6.61 Å². The molecule has 0 unspecified atom stereocenters. The minimum atomic E-state index is -0.537. The van der Waals surface area contributed by atoms with Gasteiger partial charge in [-0.05, 0) is 67.7 Å². The first kappa shape index (κ1) is 20.2. The molecule has 0 radical (unpaired) electrons. The second-order valence-corrected chi connectivity index (χ2v) is 8.12. The van der Waals surface area contributed by atoms with E-state index in [4.69, 9.17) is 5.73 Å². The highest BCUT2D eigenvalue weighted by Crippen LogP contribution is 2.32. The van der Waals surface area contributed by atoms with Crippen LogP contribution in [0.2, 0.25) is 0 Å². The Morgan fingerprint density at radius 2 is 1.88 bits per heavy atom. The van der Waals surface area contributed by atoms with Crippen LogP contribution in [0, 0.1) is 0 Å². The van der Waals surface area contributed by atoms with E-state index in [9.17, 15) is 5.11 Å². The summed E-state index contributed by atoms with van der Waals surface area (Å²) < 4.78 is 0. The zero-order valence-electron chi connectivity index (χ0n) is 16.3. The van der Waals surface area contributed by atoms with Crippen molar-refractivity contribution in [1.82, 2.24) is 0 Å². The van der Waals surface area contributed by atoms with E-state index in [2.05, 4.69) is 31.2 Å². The summed E-state index contributed by atoms with van der Waals surface area (Å²) in [5.74, 6) is 0. The molecule has 0 bridgehead atoms. The maximum Gasteiger partial charge on any atom is 0.0611 e. The number of hydrogen-bond donors (Lipinski definition) is 2. The number of benzene rings is 1. The van der Waals surface area contributed by atoms with Crippen LogP contribution in [0.1, 0.15) is 88.3 Å². The molecule has 1 aromatic rings. The van der Waals surface area contributed by atoms with Crippen molar-refractivity contribution in [1.29, 1.82) is 0 Å². The van der Waals surface area contributed by atoms with Crippen molar-refractivity contribution >= 4 is 5.57 Å². The van der Waals surface area contributed by atoms with Gasteiger partial charge >= 0.3 is 0 Å². The van der Waals surface area contributed by atoms with Gasteiger partial charge in [0.2, 0.25) is 0 Å². The molecule has 140 valence electrons. The molecule has 2 heteroatoms. The van der Waals surface area contributed by atoms with Crippen molar-refractivity contribution < 1.29 is 5.11 Å². The highest BCUT2D eigenvalue weighted by atomic mass is 16.3. The van der Waals surface area contributed by atoms with E-state index in [0.29, 0.717) is 0 Å². The fraction of sp³-hybridized carbons (Fsp3) is 0.652. The van der Waals surface area contributed by atoms with Gasteiger partial charge in [0.15, 0.2) is 0 Å². The molecule has 1 atom stereocenters. The third-order valence-electron chi connectivity index (χ3n) is 5.33. The van der Waals surface area contributed by atoms with Gasteiger partial charge in [-0.15, -0.1) is 0 Å². The lowest BCUT2D eigenvalue weighted by Gasteiger charge is -2.24. The van der Waals surface area contributed by atoms with Crippen molar-refractivity contribution in [2.45, 2.75) is 90.0 Å². The summed E-state index contributed by atoms with van der Waals surface area (Å²) in [5, 5.41) is 9.51. The maximum atomic E-state index is 9.51. The zero-order valence-corrected chi connectivity index (χ0v) is 16.3. The maximum absolute atomic E-state index is 9.51. The third kappa shape index (κ3) is 6.60. The van der Waals surface area contributed by atoms with Crippen molar-refractivity contribution in [3.05, 3.63) is 41.0 Å². The number of nitrogens with two attached hydrogens (primary N) is 1. The van der Waals surface area contributed by atoms with Gasteiger partial charge in [-0.3, -0.25) is 0 Å². The Morgan fingerprint density at radius 1 is 1.12 bits per heavy atom. The van der Waals surface area contributed by atoms with Crippen LogP contribution in [-0.2, 0) is 12.8 Å². The Balaban J connectivity index is 1.99. The quantitative estimate of drug-likeness (QED) is 0.558. The molecule has 2 nitrogen and oxygen atoms in total. The predicted molar refractivity (Wildman–Crippen MR) is 109 cm³/mol. The summed E-state index contributed by atoms with van der Waals surface area (Å²) in [6, 6.07) is 7.02. The fourth-order valence-corrected chi connectivity index (χ4v) is 3.77. The van der Waals surface area contributed by atoms with Crippen LogP contribution in [0.15, 0.2) is 24.3 Å². The molecular weight excluding hydrogens is 306 g/mol. The lowest BCUT2D eigenvalue weighted by molar-refractivity contribution is 0.212. The summed E-state index contributed by atoms with van der Waals surface area (Å²) in [6.45, 7) is 4.23. The number of unbranched alkanes of at least 4 members (excludes halogenated alkanes) is 5. The Kier molecular flexibility index (Phi) is 8.18. The second kappa shape index (κ2) is 10.1. The molecule has 0 saturated heterocycles. The van der Waals surface area contributed by atoms with Gasteiger partial charge in [0.25, 0.3) is 0 Å². The summed E-state index contributed by atoms with van der Waals surface area (Å²) in [4.78, 5) is 0. The molecule has 0 aliphatic heterocycles. The van der Waals surface area contributed by atoms with Crippen molar-refractivity contribution in [3.63, 3.8) is 0 Å². The number of aliphatic hydroxyl groups excluding tert-OH is 1. The average Bonchev–Trinajstić information content (AvgIpc) is 2.79. The van der Waals surface area contributed by atoms with Crippen LogP contribution in [-0.4, -0.2) is 17.3 Å². The van der Waals surface area contributed by atoms with Gasteiger partial charge in [0.1, 0.15) is 0 Å². The molecule has 0 heterocycles. The van der Waals surface area contributed by atoms with E-state index >= 15 is 0 Å². The van der Waals surface area contributed by atoms with E-state index in [1.54, 1.807) is 0 Å². The first-order chi connectivity index (χ1) is 12.1. The van der Waals surface area contributed by atoms with Gasteiger partial charge in [-0.25, -0.2) is 0 Å². The minimum absolute atomic E-state index is 0.0236. The molecule has 3 N–H and O–H groups in total. The van der Waals surface area contributed by atoms with Crippen LogP contribution in [0.4, 0.5) is 0 Å². The molecule has 1 aromatic carbocycles. The molecule has 1 aliphatic carbocycles. The van der Waals surface area contributed by atoms with Crippen molar-refractivity contribution in [2.24, 2.45) is 5.73 Å². The summed E-state index contributed by atoms with van der Waals surface area (Å²) in [6.07, 6.45) is 15.9. The summed E-state index contributed by atoms with van der Waals surface area (Å²) >= 11 is 0. The Bertz CT molecular complexity index is 559. The van der Waals surface area contributed by atoms with Crippen LogP contribution >= 0.6 is 0 Å². The van der Waals surface area contributed by atoms with E-state index in [1.165, 1.54) is 73.6 Å². The number of rotatable bonds is 10. The SMILES string of the molecule is CCCCCCCCc1ccc2c(c1)CCCC=C2C[C@@](C)(N)CO. The molecule has 0 fully saturated rings. The lowest BCUT2D eigenvalue weighted by atomic mass is 9.87. The van der Waals surface area contributed by atoms with E-state index in [1.807, 2.05) is 6.92 Å².